The number of aliphatic hydroxyl groups is 1. The number of rotatable bonds is 6. The second-order valence-corrected chi connectivity index (χ2v) is 6.48. The van der Waals surface area contributed by atoms with Crippen LogP contribution >= 0.6 is 0 Å². The minimum atomic E-state index is -3.68. The third kappa shape index (κ3) is 2.88. The lowest BCUT2D eigenvalue weighted by atomic mass is 9.93. The summed E-state index contributed by atoms with van der Waals surface area (Å²) < 4.78 is 26.6. The molecule has 1 aliphatic carbocycles. The van der Waals surface area contributed by atoms with E-state index in [-0.39, 0.29) is 23.4 Å². The van der Waals surface area contributed by atoms with E-state index in [9.17, 15) is 8.42 Å². The molecular formula is C12H19N3O3S. The van der Waals surface area contributed by atoms with Crippen LogP contribution in [0.4, 0.5) is 5.69 Å². The fourth-order valence-corrected chi connectivity index (χ4v) is 3.88. The fraction of sp³-hybridized carbons (Fsp3) is 0.583. The highest BCUT2D eigenvalue weighted by Gasteiger charge is 2.36. The molecule has 1 saturated carbocycles. The van der Waals surface area contributed by atoms with Gasteiger partial charge in [0.15, 0.2) is 5.03 Å². The van der Waals surface area contributed by atoms with Gasteiger partial charge in [-0.1, -0.05) is 6.42 Å². The number of nitrogen functional groups attached to an aromatic ring is 1. The van der Waals surface area contributed by atoms with Gasteiger partial charge in [0, 0.05) is 25.4 Å². The molecule has 0 aliphatic heterocycles. The van der Waals surface area contributed by atoms with Crippen molar-refractivity contribution in [2.45, 2.75) is 36.8 Å². The second kappa shape index (κ2) is 5.85. The van der Waals surface area contributed by atoms with Crippen molar-refractivity contribution in [3.05, 3.63) is 18.3 Å². The van der Waals surface area contributed by atoms with Gasteiger partial charge in [-0.3, -0.25) is 0 Å². The summed E-state index contributed by atoms with van der Waals surface area (Å²) in [5.41, 5.74) is 5.88. The Morgan fingerprint density at radius 3 is 2.74 bits per heavy atom. The molecule has 6 nitrogen and oxygen atoms in total. The molecule has 0 saturated heterocycles. The lowest BCUT2D eigenvalue weighted by Gasteiger charge is -2.36. The number of hydrogen-bond acceptors (Lipinski definition) is 5. The van der Waals surface area contributed by atoms with Gasteiger partial charge in [-0.15, -0.1) is 0 Å². The van der Waals surface area contributed by atoms with Crippen molar-refractivity contribution in [2.24, 2.45) is 0 Å². The van der Waals surface area contributed by atoms with Crippen molar-refractivity contribution in [1.29, 1.82) is 0 Å². The number of nitrogens with zero attached hydrogens (tertiary/aromatic N) is 2. The average molecular weight is 285 g/mol. The summed E-state index contributed by atoms with van der Waals surface area (Å²) in [5, 5.41) is 8.83. The molecule has 1 aromatic heterocycles. The molecule has 0 radical (unpaired) electrons. The molecule has 1 aliphatic rings. The predicted octanol–water partition coefficient (Wildman–Crippen LogP) is 0.589. The van der Waals surface area contributed by atoms with Gasteiger partial charge in [0.05, 0.1) is 5.69 Å². The van der Waals surface area contributed by atoms with Gasteiger partial charge in [0.2, 0.25) is 0 Å². The van der Waals surface area contributed by atoms with Crippen molar-refractivity contribution < 1.29 is 13.5 Å². The van der Waals surface area contributed by atoms with Gasteiger partial charge in [-0.25, -0.2) is 13.4 Å². The zero-order valence-electron chi connectivity index (χ0n) is 10.7. The van der Waals surface area contributed by atoms with Crippen LogP contribution in [0.5, 0.6) is 0 Å². The Labute approximate surface area is 113 Å². The Hall–Kier alpha value is -1.18. The third-order valence-corrected chi connectivity index (χ3v) is 5.30. The van der Waals surface area contributed by atoms with E-state index < -0.39 is 10.0 Å². The molecule has 0 bridgehead atoms. The molecule has 1 fully saturated rings. The van der Waals surface area contributed by atoms with E-state index in [0.717, 1.165) is 19.3 Å². The molecule has 19 heavy (non-hydrogen) atoms. The Morgan fingerprint density at radius 1 is 1.47 bits per heavy atom. The topological polar surface area (TPSA) is 96.5 Å². The second-order valence-electron chi connectivity index (χ2n) is 4.68. The van der Waals surface area contributed by atoms with Gasteiger partial charge in [-0.2, -0.15) is 4.31 Å². The molecule has 0 spiro atoms. The maximum absolute atomic E-state index is 12.6. The van der Waals surface area contributed by atoms with Crippen molar-refractivity contribution in [3.63, 3.8) is 0 Å². The molecule has 7 heteroatoms. The highest BCUT2D eigenvalue weighted by molar-refractivity contribution is 7.89. The summed E-state index contributed by atoms with van der Waals surface area (Å²) >= 11 is 0. The molecular weight excluding hydrogens is 266 g/mol. The van der Waals surface area contributed by atoms with Crippen LogP contribution in [-0.2, 0) is 10.0 Å². The zero-order chi connectivity index (χ0) is 13.9. The van der Waals surface area contributed by atoms with Crippen LogP contribution in [0.1, 0.15) is 25.7 Å². The minimum Gasteiger partial charge on any atom is -0.396 e. The van der Waals surface area contributed by atoms with Crippen LogP contribution in [0.3, 0.4) is 0 Å². The van der Waals surface area contributed by atoms with Crippen LogP contribution < -0.4 is 5.73 Å². The standard InChI is InChI=1S/C12H19N3O3S/c13-11-6-2-7-14-12(11)19(17,18)15(8-3-9-16)10-4-1-5-10/h2,6-7,10,16H,1,3-5,8-9,13H2. The normalized spacial score (nSPS) is 16.5. The first-order valence-corrected chi connectivity index (χ1v) is 7.84. The lowest BCUT2D eigenvalue weighted by Crippen LogP contribution is -2.45. The van der Waals surface area contributed by atoms with Gasteiger partial charge in [-0.05, 0) is 31.4 Å². The number of sulfonamides is 1. The van der Waals surface area contributed by atoms with Gasteiger partial charge >= 0.3 is 0 Å². The Balaban J connectivity index is 2.31. The number of hydrogen-bond donors (Lipinski definition) is 2. The average Bonchev–Trinajstić information content (AvgIpc) is 2.32. The van der Waals surface area contributed by atoms with E-state index in [1.807, 2.05) is 0 Å². The molecule has 1 aromatic rings. The zero-order valence-corrected chi connectivity index (χ0v) is 11.5. The minimum absolute atomic E-state index is 0.0120. The van der Waals surface area contributed by atoms with E-state index in [0.29, 0.717) is 13.0 Å². The summed E-state index contributed by atoms with van der Waals surface area (Å²) in [4.78, 5) is 3.90. The van der Waals surface area contributed by atoms with E-state index in [2.05, 4.69) is 4.98 Å². The molecule has 0 atom stereocenters. The molecule has 0 aromatic carbocycles. The van der Waals surface area contributed by atoms with Crippen LogP contribution in [0.15, 0.2) is 23.4 Å². The molecule has 106 valence electrons. The monoisotopic (exact) mass is 285 g/mol. The quantitative estimate of drug-likeness (QED) is 0.797. The van der Waals surface area contributed by atoms with Gasteiger partial charge in [0.1, 0.15) is 0 Å². The largest absolute Gasteiger partial charge is 0.396 e. The Bertz CT molecular complexity index is 529. The van der Waals surface area contributed by atoms with Crippen molar-refractivity contribution in [3.8, 4) is 0 Å². The van der Waals surface area contributed by atoms with Crippen molar-refractivity contribution in [1.82, 2.24) is 9.29 Å². The summed E-state index contributed by atoms with van der Waals surface area (Å²) in [6, 6.07) is 3.15. The van der Waals surface area contributed by atoms with Crippen LogP contribution in [0.25, 0.3) is 0 Å². The molecule has 2 rings (SSSR count). The fourth-order valence-electron chi connectivity index (χ4n) is 2.13. The number of anilines is 1. The molecule has 1 heterocycles. The molecule has 0 unspecified atom stereocenters. The Kier molecular flexibility index (Phi) is 4.38. The van der Waals surface area contributed by atoms with Gasteiger partial charge in [0.25, 0.3) is 10.0 Å². The van der Waals surface area contributed by atoms with Gasteiger partial charge < -0.3 is 10.8 Å². The SMILES string of the molecule is Nc1cccnc1S(=O)(=O)N(CCCO)C1CCC1. The maximum Gasteiger partial charge on any atom is 0.262 e. The molecule has 3 N–H and O–H groups in total. The highest BCUT2D eigenvalue weighted by Crippen LogP contribution is 2.30. The highest BCUT2D eigenvalue weighted by atomic mass is 32.2. The summed E-state index contributed by atoms with van der Waals surface area (Å²) in [7, 11) is -3.68. The van der Waals surface area contributed by atoms with E-state index in [4.69, 9.17) is 10.8 Å². The number of nitrogens with two attached hydrogens (primary N) is 1. The first-order valence-electron chi connectivity index (χ1n) is 6.40. The van der Waals surface area contributed by atoms with E-state index in [1.165, 1.54) is 16.6 Å². The third-order valence-electron chi connectivity index (χ3n) is 3.37. The summed E-state index contributed by atoms with van der Waals surface area (Å²) in [5.74, 6) is 0. The number of pyridine rings is 1. The lowest BCUT2D eigenvalue weighted by molar-refractivity contribution is 0.198. The van der Waals surface area contributed by atoms with Crippen molar-refractivity contribution in [2.75, 3.05) is 18.9 Å². The number of aromatic nitrogens is 1. The summed E-state index contributed by atoms with van der Waals surface area (Å²) in [6.45, 7) is 0.274. The smallest absolute Gasteiger partial charge is 0.262 e. The number of aliphatic hydroxyl groups excluding tert-OH is 1. The summed E-state index contributed by atoms with van der Waals surface area (Å²) in [6.07, 6.45) is 4.60. The first kappa shape index (κ1) is 14.2. The van der Waals surface area contributed by atoms with Crippen LogP contribution in [-0.4, -0.2) is 42.0 Å². The van der Waals surface area contributed by atoms with Crippen molar-refractivity contribution >= 4 is 15.7 Å². The van der Waals surface area contributed by atoms with E-state index in [1.54, 1.807) is 6.07 Å². The first-order chi connectivity index (χ1) is 9.07. The predicted molar refractivity (Wildman–Crippen MR) is 71.9 cm³/mol. The van der Waals surface area contributed by atoms with E-state index >= 15 is 0 Å². The van der Waals surface area contributed by atoms with Crippen LogP contribution in [0.2, 0.25) is 0 Å². The Morgan fingerprint density at radius 2 is 2.21 bits per heavy atom. The maximum atomic E-state index is 12.6. The molecule has 0 amide bonds. The van der Waals surface area contributed by atoms with Crippen LogP contribution in [0, 0.1) is 0 Å².